The number of aryl methyl sites for hydroxylation is 1. The second-order valence-corrected chi connectivity index (χ2v) is 5.46. The Bertz CT molecular complexity index is 587. The number of imide groups is 1. The summed E-state index contributed by atoms with van der Waals surface area (Å²) in [6.07, 6.45) is 0. The lowest BCUT2D eigenvalue weighted by Crippen LogP contribution is -2.65. The highest BCUT2D eigenvalue weighted by Gasteiger charge is 2.43. The molecule has 0 atom stereocenters. The molecule has 0 radical (unpaired) electrons. The van der Waals surface area contributed by atoms with Crippen LogP contribution in [-0.4, -0.2) is 34.7 Å². The third-order valence-corrected chi connectivity index (χ3v) is 3.38. The average Bonchev–Trinajstić information content (AvgIpc) is 2.32. The van der Waals surface area contributed by atoms with Gasteiger partial charge in [-0.25, -0.2) is 0 Å². The maximum Gasteiger partial charge on any atom is 0.255 e. The van der Waals surface area contributed by atoms with Gasteiger partial charge in [-0.3, -0.25) is 19.7 Å². The Hall–Kier alpha value is -2.37. The van der Waals surface area contributed by atoms with E-state index in [1.165, 1.54) is 4.90 Å². The van der Waals surface area contributed by atoms with E-state index in [1.54, 1.807) is 32.0 Å². The van der Waals surface area contributed by atoms with Crippen LogP contribution in [0.25, 0.3) is 0 Å². The lowest BCUT2D eigenvalue weighted by atomic mass is 9.97. The smallest absolute Gasteiger partial charge is 0.255 e. The summed E-state index contributed by atoms with van der Waals surface area (Å²) < 4.78 is 0. The fourth-order valence-electron chi connectivity index (χ4n) is 2.20. The molecular weight excluding hydrogens is 258 g/mol. The van der Waals surface area contributed by atoms with E-state index in [-0.39, 0.29) is 12.5 Å². The summed E-state index contributed by atoms with van der Waals surface area (Å²) in [7, 11) is 0. The Morgan fingerprint density at radius 1 is 1.30 bits per heavy atom. The van der Waals surface area contributed by atoms with Crippen LogP contribution in [0, 0.1) is 6.92 Å². The Morgan fingerprint density at radius 3 is 2.55 bits per heavy atom. The molecule has 1 fully saturated rings. The van der Waals surface area contributed by atoms with Gasteiger partial charge < -0.3 is 10.6 Å². The predicted molar refractivity (Wildman–Crippen MR) is 73.9 cm³/mol. The van der Waals surface area contributed by atoms with Crippen molar-refractivity contribution >= 4 is 23.4 Å². The van der Waals surface area contributed by atoms with E-state index in [0.717, 1.165) is 5.56 Å². The van der Waals surface area contributed by atoms with E-state index in [1.807, 2.05) is 6.92 Å². The van der Waals surface area contributed by atoms with Crippen LogP contribution in [0.3, 0.4) is 0 Å². The Morgan fingerprint density at radius 2 is 1.95 bits per heavy atom. The molecule has 6 nitrogen and oxygen atoms in total. The highest BCUT2D eigenvalue weighted by atomic mass is 16.2. The van der Waals surface area contributed by atoms with Gasteiger partial charge in [-0.05, 0) is 44.5 Å². The first-order chi connectivity index (χ1) is 9.21. The number of piperazine rings is 1. The van der Waals surface area contributed by atoms with Crippen LogP contribution < -0.4 is 11.1 Å². The molecule has 0 aliphatic carbocycles. The second-order valence-electron chi connectivity index (χ2n) is 5.46. The van der Waals surface area contributed by atoms with Crippen LogP contribution in [0.1, 0.15) is 29.8 Å². The molecular formula is C14H17N3O3. The van der Waals surface area contributed by atoms with Gasteiger partial charge in [0.2, 0.25) is 5.91 Å². The molecule has 20 heavy (non-hydrogen) atoms. The van der Waals surface area contributed by atoms with Crippen LogP contribution in [0.15, 0.2) is 18.2 Å². The van der Waals surface area contributed by atoms with E-state index in [9.17, 15) is 14.4 Å². The summed E-state index contributed by atoms with van der Waals surface area (Å²) in [5, 5.41) is 2.23. The van der Waals surface area contributed by atoms with Crippen LogP contribution >= 0.6 is 0 Å². The van der Waals surface area contributed by atoms with Crippen molar-refractivity contribution in [3.05, 3.63) is 29.3 Å². The van der Waals surface area contributed by atoms with E-state index in [2.05, 4.69) is 5.32 Å². The standard InChI is InChI=1S/C14H17N3O3/c1-8-4-9(6-10(15)5-8)12(19)17-7-11(18)16-13(20)14(17,2)3/h4-6H,7,15H2,1-3H3,(H,16,18,20). The highest BCUT2D eigenvalue weighted by molar-refractivity contribution is 6.09. The minimum atomic E-state index is -1.08. The molecule has 1 heterocycles. The molecule has 1 aromatic carbocycles. The van der Waals surface area contributed by atoms with Crippen molar-refractivity contribution in [2.24, 2.45) is 0 Å². The summed E-state index contributed by atoms with van der Waals surface area (Å²) in [5.41, 5.74) is 6.34. The van der Waals surface area contributed by atoms with Crippen molar-refractivity contribution in [1.82, 2.24) is 10.2 Å². The molecule has 1 aliphatic heterocycles. The molecule has 0 unspecified atom stereocenters. The molecule has 0 bridgehead atoms. The first-order valence-corrected chi connectivity index (χ1v) is 6.25. The van der Waals surface area contributed by atoms with E-state index in [4.69, 9.17) is 5.73 Å². The zero-order valence-corrected chi connectivity index (χ0v) is 11.7. The number of carbonyl (C=O) groups is 3. The van der Waals surface area contributed by atoms with Crippen molar-refractivity contribution in [1.29, 1.82) is 0 Å². The topological polar surface area (TPSA) is 92.5 Å². The van der Waals surface area contributed by atoms with Crippen LogP contribution in [0.2, 0.25) is 0 Å². The van der Waals surface area contributed by atoms with Gasteiger partial charge in [0.15, 0.2) is 0 Å². The quantitative estimate of drug-likeness (QED) is 0.575. The first kappa shape index (κ1) is 14.0. The molecule has 0 saturated carbocycles. The van der Waals surface area contributed by atoms with Gasteiger partial charge >= 0.3 is 0 Å². The zero-order chi connectivity index (χ0) is 15.1. The fourth-order valence-corrected chi connectivity index (χ4v) is 2.20. The number of carbonyl (C=O) groups excluding carboxylic acids is 3. The van der Waals surface area contributed by atoms with E-state index < -0.39 is 17.4 Å². The normalized spacial score (nSPS) is 17.9. The van der Waals surface area contributed by atoms with Crippen LogP contribution in [0.5, 0.6) is 0 Å². The SMILES string of the molecule is Cc1cc(N)cc(C(=O)N2CC(=O)NC(=O)C2(C)C)c1. The van der Waals surface area contributed by atoms with Gasteiger partial charge in [0.05, 0.1) is 0 Å². The van der Waals surface area contributed by atoms with Crippen molar-refractivity contribution in [3.63, 3.8) is 0 Å². The molecule has 6 heteroatoms. The van der Waals surface area contributed by atoms with Crippen molar-refractivity contribution < 1.29 is 14.4 Å². The molecule has 3 amide bonds. The van der Waals surface area contributed by atoms with Crippen molar-refractivity contribution in [2.75, 3.05) is 12.3 Å². The van der Waals surface area contributed by atoms with Crippen molar-refractivity contribution in [3.8, 4) is 0 Å². The maximum atomic E-state index is 12.5. The van der Waals surface area contributed by atoms with Gasteiger partial charge in [0.1, 0.15) is 12.1 Å². The van der Waals surface area contributed by atoms with Crippen LogP contribution in [0.4, 0.5) is 5.69 Å². The van der Waals surface area contributed by atoms with Gasteiger partial charge in [-0.15, -0.1) is 0 Å². The first-order valence-electron chi connectivity index (χ1n) is 6.25. The molecule has 1 saturated heterocycles. The predicted octanol–water partition coefficient (Wildman–Crippen LogP) is 0.454. The number of nitrogens with one attached hydrogen (secondary N) is 1. The Labute approximate surface area is 116 Å². The summed E-state index contributed by atoms with van der Waals surface area (Å²) in [5.74, 6) is -1.35. The number of nitrogen functional groups attached to an aromatic ring is 1. The minimum absolute atomic E-state index is 0.147. The van der Waals surface area contributed by atoms with Gasteiger partial charge in [-0.1, -0.05) is 0 Å². The number of hydrogen-bond donors (Lipinski definition) is 2. The van der Waals surface area contributed by atoms with E-state index in [0.29, 0.717) is 11.3 Å². The summed E-state index contributed by atoms with van der Waals surface area (Å²) in [6, 6.07) is 4.98. The summed E-state index contributed by atoms with van der Waals surface area (Å²) >= 11 is 0. The minimum Gasteiger partial charge on any atom is -0.399 e. The van der Waals surface area contributed by atoms with E-state index >= 15 is 0 Å². The zero-order valence-electron chi connectivity index (χ0n) is 11.7. The lowest BCUT2D eigenvalue weighted by molar-refractivity contribution is -0.143. The average molecular weight is 275 g/mol. The molecule has 1 aliphatic rings. The lowest BCUT2D eigenvalue weighted by Gasteiger charge is -2.40. The highest BCUT2D eigenvalue weighted by Crippen LogP contribution is 2.22. The molecule has 3 N–H and O–H groups in total. The van der Waals surface area contributed by atoms with Gasteiger partial charge in [0, 0.05) is 11.3 Å². The number of nitrogens with two attached hydrogens (primary N) is 1. The van der Waals surface area contributed by atoms with Crippen molar-refractivity contribution in [2.45, 2.75) is 26.3 Å². The number of amides is 3. The number of nitrogens with zero attached hydrogens (tertiary/aromatic N) is 1. The number of rotatable bonds is 1. The molecule has 106 valence electrons. The van der Waals surface area contributed by atoms with Gasteiger partial charge in [-0.2, -0.15) is 0 Å². The molecule has 0 spiro atoms. The molecule has 1 aromatic rings. The fraction of sp³-hybridized carbons (Fsp3) is 0.357. The molecule has 2 rings (SSSR count). The van der Waals surface area contributed by atoms with Gasteiger partial charge in [0.25, 0.3) is 11.8 Å². The third-order valence-electron chi connectivity index (χ3n) is 3.38. The molecule has 0 aromatic heterocycles. The summed E-state index contributed by atoms with van der Waals surface area (Å²) in [6.45, 7) is 4.88. The maximum absolute atomic E-state index is 12.5. The number of hydrogen-bond acceptors (Lipinski definition) is 4. The number of benzene rings is 1. The third kappa shape index (κ3) is 2.36. The second kappa shape index (κ2) is 4.63. The Balaban J connectivity index is 2.40. The largest absolute Gasteiger partial charge is 0.399 e. The van der Waals surface area contributed by atoms with Crippen LogP contribution in [-0.2, 0) is 9.59 Å². The number of anilines is 1. The Kier molecular flexibility index (Phi) is 3.25. The summed E-state index contributed by atoms with van der Waals surface area (Å²) in [4.78, 5) is 37.2. The monoisotopic (exact) mass is 275 g/mol.